The van der Waals surface area contributed by atoms with Crippen molar-refractivity contribution in [3.05, 3.63) is 34.9 Å². The Bertz CT molecular complexity index is 424. The van der Waals surface area contributed by atoms with Crippen LogP contribution in [0.1, 0.15) is 35.4 Å². The van der Waals surface area contributed by atoms with Crippen molar-refractivity contribution in [1.29, 1.82) is 5.26 Å². The molecule has 2 rings (SSSR count). The van der Waals surface area contributed by atoms with Crippen molar-refractivity contribution in [2.75, 3.05) is 0 Å². The van der Waals surface area contributed by atoms with Crippen molar-refractivity contribution in [2.45, 2.75) is 24.9 Å². The van der Waals surface area contributed by atoms with Crippen molar-refractivity contribution in [3.63, 3.8) is 0 Å². The molecule has 0 amide bonds. The van der Waals surface area contributed by atoms with E-state index in [2.05, 4.69) is 6.07 Å². The van der Waals surface area contributed by atoms with Gasteiger partial charge in [-0.3, -0.25) is 0 Å². The van der Waals surface area contributed by atoms with Crippen LogP contribution in [-0.2, 0) is 6.18 Å². The van der Waals surface area contributed by atoms with Gasteiger partial charge >= 0.3 is 6.18 Å². The zero-order valence-electron chi connectivity index (χ0n) is 7.73. The Labute approximate surface area is 85.1 Å². The molecule has 0 spiro atoms. The minimum atomic E-state index is -4.45. The Morgan fingerprint density at radius 1 is 1.40 bits per heavy atom. The largest absolute Gasteiger partial charge is 0.417 e. The van der Waals surface area contributed by atoms with E-state index in [1.807, 2.05) is 0 Å². The molecule has 0 aromatic heterocycles. The Balaban J connectivity index is 2.48. The van der Waals surface area contributed by atoms with Crippen LogP contribution in [0.4, 0.5) is 13.2 Å². The third-order valence-electron chi connectivity index (χ3n) is 2.42. The second-order valence-corrected chi connectivity index (χ2v) is 3.60. The third-order valence-corrected chi connectivity index (χ3v) is 2.42. The molecule has 1 fully saturated rings. The summed E-state index contributed by atoms with van der Waals surface area (Å²) in [6.07, 6.45) is -2.62. The standard InChI is InChI=1S/C11H7F3N/c12-11(13,14)10-5-8(7-1-2-7)3-4-9(10)6-15/h4-5,7H,1-2H2. The van der Waals surface area contributed by atoms with E-state index in [9.17, 15) is 13.2 Å². The number of nitrogens with zero attached hydrogens (tertiary/aromatic N) is 1. The van der Waals surface area contributed by atoms with Gasteiger partial charge in [0, 0.05) is 0 Å². The maximum Gasteiger partial charge on any atom is 0.417 e. The molecule has 1 saturated carbocycles. The Hall–Kier alpha value is -1.50. The van der Waals surface area contributed by atoms with Crippen LogP contribution in [-0.4, -0.2) is 0 Å². The van der Waals surface area contributed by atoms with Gasteiger partial charge in [-0.05, 0) is 42.5 Å². The summed E-state index contributed by atoms with van der Waals surface area (Å²) in [7, 11) is 0. The quantitative estimate of drug-likeness (QED) is 0.697. The molecule has 1 aromatic rings. The van der Waals surface area contributed by atoms with E-state index in [0.717, 1.165) is 25.0 Å². The first kappa shape index (κ1) is 10.0. The fourth-order valence-electron chi connectivity index (χ4n) is 1.47. The van der Waals surface area contributed by atoms with E-state index in [0.29, 0.717) is 5.56 Å². The number of rotatable bonds is 1. The average Bonchev–Trinajstić information content (AvgIpc) is 2.98. The van der Waals surface area contributed by atoms with Crippen LogP contribution >= 0.6 is 0 Å². The highest BCUT2D eigenvalue weighted by atomic mass is 19.4. The van der Waals surface area contributed by atoms with Gasteiger partial charge in [-0.1, -0.05) is 0 Å². The van der Waals surface area contributed by atoms with Gasteiger partial charge in [0.1, 0.15) is 0 Å². The van der Waals surface area contributed by atoms with Crippen LogP contribution < -0.4 is 0 Å². The highest BCUT2D eigenvalue weighted by Crippen LogP contribution is 2.42. The lowest BCUT2D eigenvalue weighted by molar-refractivity contribution is -0.137. The van der Waals surface area contributed by atoms with Gasteiger partial charge in [-0.15, -0.1) is 0 Å². The maximum absolute atomic E-state index is 12.5. The molecule has 0 saturated heterocycles. The molecule has 0 unspecified atom stereocenters. The molecule has 0 heterocycles. The topological polar surface area (TPSA) is 23.8 Å². The van der Waals surface area contributed by atoms with Crippen LogP contribution in [0.3, 0.4) is 0 Å². The summed E-state index contributed by atoms with van der Waals surface area (Å²) in [5.41, 5.74) is -0.626. The summed E-state index contributed by atoms with van der Waals surface area (Å²) >= 11 is 0. The van der Waals surface area contributed by atoms with Crippen molar-refractivity contribution in [1.82, 2.24) is 0 Å². The summed E-state index contributed by atoms with van der Waals surface area (Å²) in [5, 5.41) is 8.56. The van der Waals surface area contributed by atoms with Crippen LogP contribution in [0.15, 0.2) is 12.1 Å². The van der Waals surface area contributed by atoms with Crippen LogP contribution in [0, 0.1) is 17.4 Å². The fourth-order valence-corrected chi connectivity index (χ4v) is 1.47. The monoisotopic (exact) mass is 210 g/mol. The minimum Gasteiger partial charge on any atom is -0.192 e. The molecule has 15 heavy (non-hydrogen) atoms. The van der Waals surface area contributed by atoms with Crippen molar-refractivity contribution < 1.29 is 13.2 Å². The second kappa shape index (κ2) is 3.27. The highest BCUT2D eigenvalue weighted by molar-refractivity contribution is 5.43. The average molecular weight is 210 g/mol. The molecular weight excluding hydrogens is 203 g/mol. The molecule has 1 aliphatic carbocycles. The summed E-state index contributed by atoms with van der Waals surface area (Å²) in [5.74, 6) is 0.207. The van der Waals surface area contributed by atoms with Crippen molar-refractivity contribution in [2.24, 2.45) is 0 Å². The number of hydrogen-bond acceptors (Lipinski definition) is 1. The van der Waals surface area contributed by atoms with Crippen LogP contribution in [0.25, 0.3) is 0 Å². The molecular formula is C11H7F3N. The van der Waals surface area contributed by atoms with E-state index in [-0.39, 0.29) is 11.5 Å². The van der Waals surface area contributed by atoms with Crippen molar-refractivity contribution in [3.8, 4) is 6.07 Å². The maximum atomic E-state index is 12.5. The molecule has 1 radical (unpaired) electrons. The number of alkyl halides is 3. The zero-order valence-corrected chi connectivity index (χ0v) is 7.73. The predicted octanol–water partition coefficient (Wildman–Crippen LogP) is 3.25. The molecule has 0 bridgehead atoms. The first-order chi connectivity index (χ1) is 7.02. The molecule has 0 aliphatic heterocycles. The van der Waals surface area contributed by atoms with Gasteiger partial charge in [0.2, 0.25) is 0 Å². The summed E-state index contributed by atoms with van der Waals surface area (Å²) in [6.45, 7) is 0. The summed E-state index contributed by atoms with van der Waals surface area (Å²) in [4.78, 5) is 0. The summed E-state index contributed by atoms with van der Waals surface area (Å²) in [6, 6.07) is 6.46. The van der Waals surface area contributed by atoms with E-state index in [1.54, 1.807) is 0 Å². The number of nitriles is 1. The first-order valence-corrected chi connectivity index (χ1v) is 4.55. The Kier molecular flexibility index (Phi) is 2.18. The lowest BCUT2D eigenvalue weighted by Gasteiger charge is -2.09. The van der Waals surface area contributed by atoms with Gasteiger partial charge < -0.3 is 0 Å². The second-order valence-electron chi connectivity index (χ2n) is 3.60. The smallest absolute Gasteiger partial charge is 0.192 e. The predicted molar refractivity (Wildman–Crippen MR) is 47.0 cm³/mol. The molecule has 1 nitrogen and oxygen atoms in total. The third kappa shape index (κ3) is 1.96. The first-order valence-electron chi connectivity index (χ1n) is 4.55. The SMILES string of the molecule is N#Cc1c[c]c(C2CC2)cc1C(F)(F)F. The number of halogens is 3. The van der Waals surface area contributed by atoms with Gasteiger partial charge in [-0.25, -0.2) is 0 Å². The molecule has 1 aromatic carbocycles. The van der Waals surface area contributed by atoms with Crippen LogP contribution in [0.5, 0.6) is 0 Å². The molecule has 0 N–H and O–H groups in total. The number of hydrogen-bond donors (Lipinski definition) is 0. The fraction of sp³-hybridized carbons (Fsp3) is 0.364. The lowest BCUT2D eigenvalue weighted by Crippen LogP contribution is -2.08. The van der Waals surface area contributed by atoms with Gasteiger partial charge in [0.15, 0.2) is 0 Å². The summed E-state index contributed by atoms with van der Waals surface area (Å²) < 4.78 is 37.6. The minimum absolute atomic E-state index is 0.207. The van der Waals surface area contributed by atoms with E-state index >= 15 is 0 Å². The van der Waals surface area contributed by atoms with Gasteiger partial charge in [-0.2, -0.15) is 18.4 Å². The number of benzene rings is 1. The van der Waals surface area contributed by atoms with Gasteiger partial charge in [0.25, 0.3) is 0 Å². The lowest BCUT2D eigenvalue weighted by atomic mass is 10.0. The molecule has 1 aliphatic rings. The van der Waals surface area contributed by atoms with E-state index in [4.69, 9.17) is 5.26 Å². The molecule has 77 valence electrons. The van der Waals surface area contributed by atoms with Crippen LogP contribution in [0.2, 0.25) is 0 Å². The van der Waals surface area contributed by atoms with E-state index in [1.165, 1.54) is 6.07 Å². The Morgan fingerprint density at radius 3 is 2.53 bits per heavy atom. The molecule has 0 atom stereocenters. The zero-order chi connectivity index (χ0) is 11.1. The van der Waals surface area contributed by atoms with E-state index < -0.39 is 11.7 Å². The Morgan fingerprint density at radius 2 is 2.07 bits per heavy atom. The normalized spacial score (nSPS) is 16.1. The molecule has 4 heteroatoms. The highest BCUT2D eigenvalue weighted by Gasteiger charge is 2.35. The van der Waals surface area contributed by atoms with Gasteiger partial charge in [0.05, 0.1) is 17.2 Å². The van der Waals surface area contributed by atoms with Crippen molar-refractivity contribution >= 4 is 0 Å².